The maximum absolute atomic E-state index is 12.0. The number of aryl methyl sites for hydroxylation is 1. The van der Waals surface area contributed by atoms with Crippen molar-refractivity contribution < 1.29 is 4.79 Å². The van der Waals surface area contributed by atoms with Crippen molar-refractivity contribution in [3.63, 3.8) is 0 Å². The lowest BCUT2D eigenvalue weighted by molar-refractivity contribution is -0.108. The summed E-state index contributed by atoms with van der Waals surface area (Å²) in [5, 5.41) is 9.58. The lowest BCUT2D eigenvalue weighted by atomic mass is 9.72. The molecule has 4 rings (SSSR count). The number of nitrogens with one attached hydrogen (secondary N) is 1. The molecule has 3 atom stereocenters. The van der Waals surface area contributed by atoms with Crippen molar-refractivity contribution >= 4 is 23.1 Å². The summed E-state index contributed by atoms with van der Waals surface area (Å²) in [6, 6.07) is 8.90. The number of para-hydroxylation sites is 1. The van der Waals surface area contributed by atoms with Crippen LogP contribution in [0.5, 0.6) is 0 Å². The van der Waals surface area contributed by atoms with E-state index in [1.165, 1.54) is 19.3 Å². The molecule has 2 aliphatic rings. The summed E-state index contributed by atoms with van der Waals surface area (Å²) in [6.07, 6.45) is 7.88. The predicted molar refractivity (Wildman–Crippen MR) is 96.1 cm³/mol. The van der Waals surface area contributed by atoms with E-state index in [4.69, 9.17) is 0 Å². The molecule has 0 aliphatic carbocycles. The molecule has 0 saturated carbocycles. The van der Waals surface area contributed by atoms with Gasteiger partial charge in [-0.15, -0.1) is 0 Å². The zero-order valence-electron chi connectivity index (χ0n) is 14.5. The number of anilines is 1. The minimum atomic E-state index is 0.192. The molecule has 2 aliphatic heterocycles. The Hall–Kier alpha value is -1.88. The number of carbonyl (C=O) groups excluding carboxylic acids is 1. The summed E-state index contributed by atoms with van der Waals surface area (Å²) >= 11 is 0. The van der Waals surface area contributed by atoms with Crippen LogP contribution in [0.3, 0.4) is 0 Å². The quantitative estimate of drug-likeness (QED) is 0.879. The van der Waals surface area contributed by atoms with E-state index in [2.05, 4.69) is 29.5 Å². The highest BCUT2D eigenvalue weighted by Crippen LogP contribution is 2.39. The van der Waals surface area contributed by atoms with Gasteiger partial charge in [-0.25, -0.2) is 0 Å². The molecule has 1 amide bonds. The van der Waals surface area contributed by atoms with Crippen molar-refractivity contribution in [2.45, 2.75) is 63.1 Å². The molecule has 2 bridgehead atoms. The molecule has 5 nitrogen and oxygen atoms in total. The Morgan fingerprint density at radius 1 is 1.46 bits per heavy atom. The molecule has 5 heteroatoms. The Labute approximate surface area is 143 Å². The zero-order valence-corrected chi connectivity index (χ0v) is 14.5. The number of aromatic nitrogens is 2. The van der Waals surface area contributed by atoms with Crippen LogP contribution < -0.4 is 10.2 Å². The number of nitrogens with zero attached hydrogens (tertiary/aromatic N) is 3. The fourth-order valence-corrected chi connectivity index (χ4v) is 4.79. The Morgan fingerprint density at radius 3 is 3.08 bits per heavy atom. The second kappa shape index (κ2) is 5.88. The van der Waals surface area contributed by atoms with E-state index in [0.717, 1.165) is 42.4 Å². The Morgan fingerprint density at radius 2 is 2.29 bits per heavy atom. The molecule has 3 unspecified atom stereocenters. The molecule has 24 heavy (non-hydrogen) atoms. The number of fused-ring (bicyclic) bond motifs is 3. The number of amides is 1. The van der Waals surface area contributed by atoms with Crippen LogP contribution in [-0.4, -0.2) is 33.8 Å². The number of hydrogen-bond donors (Lipinski definition) is 1. The van der Waals surface area contributed by atoms with Crippen molar-refractivity contribution in [3.8, 4) is 0 Å². The summed E-state index contributed by atoms with van der Waals surface area (Å²) in [7, 11) is 1.94. The van der Waals surface area contributed by atoms with Crippen LogP contribution in [0.25, 0.3) is 10.9 Å². The Balaban J connectivity index is 1.72. The van der Waals surface area contributed by atoms with Crippen molar-refractivity contribution in [1.29, 1.82) is 0 Å². The molecule has 3 heterocycles. The maximum Gasteiger partial charge on any atom is 0.215 e. The third kappa shape index (κ3) is 2.42. The fraction of sp³-hybridized carbons (Fsp3) is 0.579. The second-order valence-electron chi connectivity index (χ2n) is 7.44. The number of benzene rings is 1. The highest BCUT2D eigenvalue weighted by molar-refractivity contribution is 5.95. The van der Waals surface area contributed by atoms with Gasteiger partial charge in [-0.2, -0.15) is 5.10 Å². The smallest absolute Gasteiger partial charge is 0.215 e. The number of hydrogen-bond acceptors (Lipinski definition) is 3. The van der Waals surface area contributed by atoms with E-state index in [1.807, 2.05) is 28.8 Å². The van der Waals surface area contributed by atoms with Gasteiger partial charge in [-0.3, -0.25) is 14.4 Å². The monoisotopic (exact) mass is 326 g/mol. The van der Waals surface area contributed by atoms with Crippen LogP contribution in [0, 0.1) is 0 Å². The van der Waals surface area contributed by atoms with E-state index in [-0.39, 0.29) is 11.6 Å². The normalized spacial score (nSPS) is 29.6. The summed E-state index contributed by atoms with van der Waals surface area (Å²) in [5.41, 5.74) is 1.26. The first kappa shape index (κ1) is 15.6. The molecule has 2 saturated heterocycles. The second-order valence-corrected chi connectivity index (χ2v) is 7.44. The lowest BCUT2D eigenvalue weighted by Gasteiger charge is -2.51. The Kier molecular flexibility index (Phi) is 3.83. The van der Waals surface area contributed by atoms with Gasteiger partial charge in [0.15, 0.2) is 5.82 Å². The van der Waals surface area contributed by atoms with E-state index in [0.29, 0.717) is 6.04 Å². The minimum Gasteiger partial charge on any atom is -0.308 e. The molecule has 128 valence electrons. The predicted octanol–water partition coefficient (Wildman–Crippen LogP) is 2.99. The van der Waals surface area contributed by atoms with Gasteiger partial charge < -0.3 is 5.32 Å². The number of rotatable bonds is 4. The van der Waals surface area contributed by atoms with Gasteiger partial charge in [0.05, 0.1) is 5.52 Å². The molecule has 1 aromatic carbocycles. The van der Waals surface area contributed by atoms with Gasteiger partial charge in [0.1, 0.15) is 0 Å². The van der Waals surface area contributed by atoms with Crippen molar-refractivity contribution in [1.82, 2.24) is 15.1 Å². The molecular formula is C19H26N4O. The van der Waals surface area contributed by atoms with Gasteiger partial charge in [-0.1, -0.05) is 25.5 Å². The number of piperidine rings is 2. The van der Waals surface area contributed by atoms with Crippen LogP contribution in [0.15, 0.2) is 24.3 Å². The standard InChI is InChI=1S/C19H26N4O/c1-3-19-10-6-7-14(20-19)11-15(12-19)23(13-24)18-16-8-4-5-9-17(16)22(2)21-18/h4-5,8-9,13-15,20H,3,6-7,10-12H2,1-2H3. The van der Waals surface area contributed by atoms with E-state index in [1.54, 1.807) is 0 Å². The first-order valence-electron chi connectivity index (χ1n) is 9.09. The zero-order chi connectivity index (χ0) is 16.7. The highest BCUT2D eigenvalue weighted by atomic mass is 16.1. The van der Waals surface area contributed by atoms with E-state index < -0.39 is 0 Å². The third-order valence-corrected chi connectivity index (χ3v) is 6.07. The number of carbonyl (C=O) groups is 1. The van der Waals surface area contributed by atoms with Gasteiger partial charge in [0.2, 0.25) is 6.41 Å². The van der Waals surface area contributed by atoms with Crippen molar-refractivity contribution in [3.05, 3.63) is 24.3 Å². The van der Waals surface area contributed by atoms with Gasteiger partial charge in [0, 0.05) is 30.1 Å². The average molecular weight is 326 g/mol. The van der Waals surface area contributed by atoms with Crippen LogP contribution in [0.1, 0.15) is 45.4 Å². The topological polar surface area (TPSA) is 50.2 Å². The Bertz CT molecular complexity index is 755. The summed E-state index contributed by atoms with van der Waals surface area (Å²) in [6.45, 7) is 2.26. The molecular weight excluding hydrogens is 300 g/mol. The lowest BCUT2D eigenvalue weighted by Crippen LogP contribution is -2.62. The highest BCUT2D eigenvalue weighted by Gasteiger charge is 2.43. The van der Waals surface area contributed by atoms with Gasteiger partial charge >= 0.3 is 0 Å². The molecule has 0 spiro atoms. The summed E-state index contributed by atoms with van der Waals surface area (Å²) in [4.78, 5) is 13.9. The van der Waals surface area contributed by atoms with Crippen LogP contribution in [0.4, 0.5) is 5.82 Å². The SMILES string of the molecule is CCC12CCCC(CC(N(C=O)c3nn(C)c4ccccc34)C1)N2. The van der Waals surface area contributed by atoms with Crippen LogP contribution in [-0.2, 0) is 11.8 Å². The van der Waals surface area contributed by atoms with Crippen molar-refractivity contribution in [2.24, 2.45) is 7.05 Å². The first-order valence-corrected chi connectivity index (χ1v) is 9.09. The third-order valence-electron chi connectivity index (χ3n) is 6.07. The van der Waals surface area contributed by atoms with Crippen LogP contribution in [0.2, 0.25) is 0 Å². The molecule has 0 radical (unpaired) electrons. The molecule has 2 fully saturated rings. The van der Waals surface area contributed by atoms with E-state index >= 15 is 0 Å². The van der Waals surface area contributed by atoms with E-state index in [9.17, 15) is 4.79 Å². The molecule has 1 N–H and O–H groups in total. The fourth-order valence-electron chi connectivity index (χ4n) is 4.79. The van der Waals surface area contributed by atoms with Crippen LogP contribution >= 0.6 is 0 Å². The first-order chi connectivity index (χ1) is 11.7. The molecule has 1 aromatic heterocycles. The molecule has 2 aromatic rings. The maximum atomic E-state index is 12.0. The van der Waals surface area contributed by atoms with Gasteiger partial charge in [0.25, 0.3) is 0 Å². The van der Waals surface area contributed by atoms with Crippen molar-refractivity contribution in [2.75, 3.05) is 4.90 Å². The summed E-state index contributed by atoms with van der Waals surface area (Å²) in [5.74, 6) is 0.805. The minimum absolute atomic E-state index is 0.192. The summed E-state index contributed by atoms with van der Waals surface area (Å²) < 4.78 is 1.87. The average Bonchev–Trinajstić information content (AvgIpc) is 2.93. The largest absolute Gasteiger partial charge is 0.308 e. The van der Waals surface area contributed by atoms with Gasteiger partial charge in [-0.05, 0) is 44.2 Å².